The molecule has 1 saturated carbocycles. The number of hydrogen-bond donors (Lipinski definition) is 5. The summed E-state index contributed by atoms with van der Waals surface area (Å²) in [7, 11) is -4.20. The Morgan fingerprint density at radius 2 is 2.08 bits per heavy atom. The van der Waals surface area contributed by atoms with Gasteiger partial charge in [0.15, 0.2) is 0 Å². The predicted octanol–water partition coefficient (Wildman–Crippen LogP) is 1.98. The molecular formula is C22H23BrClN5O6S2. The number of carbonyl (C=O) groups is 1. The van der Waals surface area contributed by atoms with Crippen LogP contribution in [0.15, 0.2) is 47.3 Å². The van der Waals surface area contributed by atoms with Gasteiger partial charge in [0.05, 0.1) is 39.6 Å². The third-order valence-corrected chi connectivity index (χ3v) is 8.35. The number of ketones is 1. The summed E-state index contributed by atoms with van der Waals surface area (Å²) < 4.78 is 28.0. The molecule has 1 aliphatic rings. The molecule has 198 valence electrons. The van der Waals surface area contributed by atoms with Gasteiger partial charge in [-0.2, -0.15) is 8.42 Å². The van der Waals surface area contributed by atoms with Gasteiger partial charge in [-0.25, -0.2) is 15.1 Å². The quantitative estimate of drug-likeness (QED) is 0.218. The summed E-state index contributed by atoms with van der Waals surface area (Å²) in [6.07, 6.45) is 0.135. The molecule has 0 unspecified atom stereocenters. The van der Waals surface area contributed by atoms with Crippen molar-refractivity contribution in [2.45, 2.75) is 30.7 Å². The number of nitrogens with one attached hydrogen (secondary N) is 1. The standard InChI is InChI=1S/C22H23BrClN5O6S2/c23-12-3-1-2-10(4-12)17(25)13-6-16(36-21(13)24)19(31)14-7-27-9-28-22(14)29-15-5-11(18(30)20(15)32)8-35-37(26,33)34/h1-4,6-7,9,11,15,17-18,20,30,32H,5,8,25H2,(H2,26,33,34)(H,27,28,29)/t11-,15-,17-,18-,20+/m1/s1. The van der Waals surface area contributed by atoms with Crippen molar-refractivity contribution in [3.63, 3.8) is 0 Å². The van der Waals surface area contributed by atoms with Crippen molar-refractivity contribution in [1.29, 1.82) is 0 Å². The predicted molar refractivity (Wildman–Crippen MR) is 142 cm³/mol. The first-order chi connectivity index (χ1) is 17.4. The van der Waals surface area contributed by atoms with E-state index in [9.17, 15) is 23.4 Å². The molecule has 3 aromatic rings. The Bertz CT molecular complexity index is 1410. The smallest absolute Gasteiger partial charge is 0.333 e. The second kappa shape index (κ2) is 11.4. The maximum Gasteiger partial charge on any atom is 0.333 e. The molecule has 2 aromatic heterocycles. The number of halogens is 2. The third kappa shape index (κ3) is 6.53. The summed E-state index contributed by atoms with van der Waals surface area (Å²) in [6, 6.07) is 7.78. The van der Waals surface area contributed by atoms with Crippen LogP contribution in [0.3, 0.4) is 0 Å². The normalized spacial score (nSPS) is 22.6. The maximum absolute atomic E-state index is 13.4. The van der Waals surface area contributed by atoms with Crippen LogP contribution in [0, 0.1) is 5.92 Å². The number of thiophene rings is 1. The first-order valence-corrected chi connectivity index (χ1v) is 14.3. The van der Waals surface area contributed by atoms with Crippen molar-refractivity contribution < 1.29 is 27.6 Å². The largest absolute Gasteiger partial charge is 0.390 e. The summed E-state index contributed by atoms with van der Waals surface area (Å²) in [6.45, 7) is -0.403. The number of anilines is 1. The lowest BCUT2D eigenvalue weighted by Crippen LogP contribution is -2.36. The number of rotatable bonds is 9. The van der Waals surface area contributed by atoms with Gasteiger partial charge in [-0.15, -0.1) is 11.3 Å². The lowest BCUT2D eigenvalue weighted by molar-refractivity contribution is 0.00778. The van der Waals surface area contributed by atoms with Crippen LogP contribution in [0.1, 0.15) is 38.8 Å². The Labute approximate surface area is 230 Å². The number of nitrogens with zero attached hydrogens (tertiary/aromatic N) is 2. The fourth-order valence-electron chi connectivity index (χ4n) is 4.12. The van der Waals surface area contributed by atoms with E-state index in [2.05, 4.69) is 35.4 Å². The zero-order chi connectivity index (χ0) is 26.9. The molecule has 1 aliphatic carbocycles. The van der Waals surface area contributed by atoms with Gasteiger partial charge in [0, 0.05) is 22.2 Å². The van der Waals surface area contributed by atoms with Crippen molar-refractivity contribution in [1.82, 2.24) is 9.97 Å². The third-order valence-electron chi connectivity index (χ3n) is 6.01. The highest BCUT2D eigenvalue weighted by atomic mass is 79.9. The molecule has 7 N–H and O–H groups in total. The highest BCUT2D eigenvalue weighted by molar-refractivity contribution is 9.10. The Balaban J connectivity index is 1.54. The van der Waals surface area contributed by atoms with Gasteiger partial charge < -0.3 is 21.3 Å². The van der Waals surface area contributed by atoms with E-state index < -0.39 is 52.9 Å². The van der Waals surface area contributed by atoms with Crippen LogP contribution >= 0.6 is 38.9 Å². The van der Waals surface area contributed by atoms with E-state index >= 15 is 0 Å². The highest BCUT2D eigenvalue weighted by Gasteiger charge is 2.42. The molecule has 0 aliphatic heterocycles. The lowest BCUT2D eigenvalue weighted by atomic mass is 10.0. The van der Waals surface area contributed by atoms with Crippen molar-refractivity contribution >= 4 is 60.8 Å². The van der Waals surface area contributed by atoms with Crippen LogP contribution in [-0.2, 0) is 14.5 Å². The molecule has 2 heterocycles. The fraction of sp³-hybridized carbons (Fsp3) is 0.318. The first-order valence-electron chi connectivity index (χ1n) is 10.9. The van der Waals surface area contributed by atoms with Gasteiger partial charge in [-0.05, 0) is 30.2 Å². The van der Waals surface area contributed by atoms with Crippen LogP contribution in [0.4, 0.5) is 5.82 Å². The number of nitrogens with two attached hydrogens (primary N) is 2. The van der Waals surface area contributed by atoms with E-state index in [0.29, 0.717) is 14.8 Å². The second-order valence-corrected chi connectivity index (χ2v) is 12.3. The fourth-order valence-corrected chi connectivity index (χ4v) is 6.21. The molecule has 0 spiro atoms. The van der Waals surface area contributed by atoms with Crippen LogP contribution in [0.2, 0.25) is 4.34 Å². The van der Waals surface area contributed by atoms with Crippen molar-refractivity contribution in [2.75, 3.05) is 11.9 Å². The molecule has 5 atom stereocenters. The number of benzene rings is 1. The SMILES string of the molecule is N[C@H](c1cccc(Br)c1)c1cc(C(=O)c2cncnc2N[C@@H]2C[C@H](COS(N)(=O)=O)[C@@H](O)[C@H]2O)sc1Cl. The van der Waals surface area contributed by atoms with Crippen molar-refractivity contribution in [3.8, 4) is 0 Å². The number of aliphatic hydroxyl groups excluding tert-OH is 2. The average Bonchev–Trinajstić information content (AvgIpc) is 3.36. The summed E-state index contributed by atoms with van der Waals surface area (Å²) in [5.41, 5.74) is 7.94. The molecule has 0 amide bonds. The van der Waals surface area contributed by atoms with E-state index in [1.165, 1.54) is 12.5 Å². The molecule has 15 heteroatoms. The van der Waals surface area contributed by atoms with Gasteiger partial charge in [-0.1, -0.05) is 39.7 Å². The van der Waals surface area contributed by atoms with Crippen LogP contribution in [0.25, 0.3) is 0 Å². The van der Waals surface area contributed by atoms with E-state index in [1.54, 1.807) is 6.07 Å². The molecule has 11 nitrogen and oxygen atoms in total. The molecule has 0 bridgehead atoms. The Hall–Kier alpha value is -2.01. The zero-order valence-corrected chi connectivity index (χ0v) is 23.0. The van der Waals surface area contributed by atoms with Crippen LogP contribution in [0.5, 0.6) is 0 Å². The molecule has 37 heavy (non-hydrogen) atoms. The summed E-state index contributed by atoms with van der Waals surface area (Å²) in [5, 5.41) is 28.6. The monoisotopic (exact) mass is 631 g/mol. The summed E-state index contributed by atoms with van der Waals surface area (Å²) in [4.78, 5) is 21.8. The molecule has 1 aromatic carbocycles. The van der Waals surface area contributed by atoms with Gasteiger partial charge in [0.1, 0.15) is 18.2 Å². The highest BCUT2D eigenvalue weighted by Crippen LogP contribution is 2.36. The van der Waals surface area contributed by atoms with Gasteiger partial charge >= 0.3 is 10.3 Å². The van der Waals surface area contributed by atoms with Crippen LogP contribution in [-0.4, -0.2) is 59.2 Å². The minimum absolute atomic E-state index is 0.119. The Kier molecular flexibility index (Phi) is 8.62. The van der Waals surface area contributed by atoms with Gasteiger partial charge in [0.25, 0.3) is 0 Å². The molecular weight excluding hydrogens is 610 g/mol. The van der Waals surface area contributed by atoms with Gasteiger partial charge in [-0.3, -0.25) is 8.98 Å². The zero-order valence-electron chi connectivity index (χ0n) is 19.0. The lowest BCUT2D eigenvalue weighted by Gasteiger charge is -2.19. The minimum atomic E-state index is -4.20. The van der Waals surface area contributed by atoms with Crippen molar-refractivity contribution in [3.05, 3.63) is 73.2 Å². The first kappa shape index (κ1) is 28.0. The molecule has 4 rings (SSSR count). The average molecular weight is 633 g/mol. The molecule has 1 fully saturated rings. The second-order valence-electron chi connectivity index (χ2n) is 8.49. The van der Waals surface area contributed by atoms with E-state index in [-0.39, 0.29) is 17.8 Å². The summed E-state index contributed by atoms with van der Waals surface area (Å²) >= 11 is 10.9. The van der Waals surface area contributed by atoms with E-state index in [0.717, 1.165) is 21.4 Å². The molecule has 0 saturated heterocycles. The topological polar surface area (TPSA) is 191 Å². The van der Waals surface area contributed by atoms with Gasteiger partial charge in [0.2, 0.25) is 5.78 Å². The minimum Gasteiger partial charge on any atom is -0.390 e. The number of aliphatic hydroxyl groups is 2. The van der Waals surface area contributed by atoms with Crippen molar-refractivity contribution in [2.24, 2.45) is 16.8 Å². The van der Waals surface area contributed by atoms with E-state index in [4.69, 9.17) is 22.5 Å². The Morgan fingerprint density at radius 1 is 1.32 bits per heavy atom. The Morgan fingerprint density at radius 3 is 2.78 bits per heavy atom. The number of carbonyl (C=O) groups excluding carboxylic acids is 1. The summed E-state index contributed by atoms with van der Waals surface area (Å²) in [5.74, 6) is -0.999. The number of aromatic nitrogens is 2. The number of hydrogen-bond acceptors (Lipinski definition) is 11. The molecule has 0 radical (unpaired) electrons. The maximum atomic E-state index is 13.4. The van der Waals surface area contributed by atoms with E-state index in [1.807, 2.05) is 24.3 Å². The van der Waals surface area contributed by atoms with Crippen LogP contribution < -0.4 is 16.2 Å².